The fraction of sp³-hybridized carbons (Fsp3) is 0.389. The number of aromatic nitrogens is 1. The van der Waals surface area contributed by atoms with E-state index in [1.807, 2.05) is 9.80 Å². The fourth-order valence-electron chi connectivity index (χ4n) is 3.00. The number of halogens is 4. The Morgan fingerprint density at radius 3 is 2.29 bits per heavy atom. The second-order valence-corrected chi connectivity index (χ2v) is 9.00. The maximum atomic E-state index is 12.7. The van der Waals surface area contributed by atoms with E-state index in [1.165, 1.54) is 0 Å². The summed E-state index contributed by atoms with van der Waals surface area (Å²) < 4.78 is 62.9. The lowest BCUT2D eigenvalue weighted by Crippen LogP contribution is -2.48. The lowest BCUT2D eigenvalue weighted by atomic mass is 10.2. The Balaban J connectivity index is 1.56. The molecule has 0 aliphatic carbocycles. The minimum Gasteiger partial charge on any atom is -0.353 e. The van der Waals surface area contributed by atoms with Gasteiger partial charge in [0, 0.05) is 38.9 Å². The summed E-state index contributed by atoms with van der Waals surface area (Å²) in [5.41, 5.74) is -0.883. The van der Waals surface area contributed by atoms with Gasteiger partial charge in [0.25, 0.3) is 0 Å². The van der Waals surface area contributed by atoms with Crippen LogP contribution < -0.4 is 4.90 Å². The number of nitrogens with zero attached hydrogens (tertiary/aromatic N) is 3. The molecule has 0 amide bonds. The Kier molecular flexibility index (Phi) is 6.16. The molecule has 1 aliphatic heterocycles. The van der Waals surface area contributed by atoms with E-state index < -0.39 is 21.6 Å². The molecule has 1 saturated heterocycles. The van der Waals surface area contributed by atoms with Crippen molar-refractivity contribution in [3.8, 4) is 0 Å². The van der Waals surface area contributed by atoms with E-state index in [-0.39, 0.29) is 10.8 Å². The third-order valence-corrected chi connectivity index (χ3v) is 6.59. The van der Waals surface area contributed by atoms with Crippen LogP contribution >= 0.6 is 11.6 Å². The fourth-order valence-corrected chi connectivity index (χ4v) is 4.59. The molecule has 0 bridgehead atoms. The van der Waals surface area contributed by atoms with Gasteiger partial charge in [0.15, 0.2) is 9.84 Å². The molecule has 2 aromatic rings. The average Bonchev–Trinajstić information content (AvgIpc) is 2.67. The van der Waals surface area contributed by atoms with E-state index in [9.17, 15) is 21.6 Å². The van der Waals surface area contributed by atoms with Gasteiger partial charge in [-0.15, -0.1) is 0 Å². The number of benzene rings is 1. The van der Waals surface area contributed by atoms with Gasteiger partial charge in [-0.3, -0.25) is 4.90 Å². The molecular formula is C18H19ClF3N3O2S. The number of rotatable bonds is 5. The quantitative estimate of drug-likeness (QED) is 0.723. The van der Waals surface area contributed by atoms with Crippen molar-refractivity contribution in [3.05, 3.63) is 53.2 Å². The summed E-state index contributed by atoms with van der Waals surface area (Å²) in [6.07, 6.45) is -3.71. The number of alkyl halides is 3. The minimum absolute atomic E-state index is 0.0102. The molecule has 2 heterocycles. The second-order valence-electron chi connectivity index (χ2n) is 6.49. The zero-order valence-electron chi connectivity index (χ0n) is 14.9. The first-order valence-corrected chi connectivity index (χ1v) is 10.7. The van der Waals surface area contributed by atoms with Gasteiger partial charge in [0.2, 0.25) is 0 Å². The Hall–Kier alpha value is -1.84. The van der Waals surface area contributed by atoms with Gasteiger partial charge in [-0.25, -0.2) is 13.4 Å². The molecule has 1 aromatic heterocycles. The van der Waals surface area contributed by atoms with Crippen molar-refractivity contribution in [1.82, 2.24) is 9.88 Å². The first kappa shape index (κ1) is 20.9. The third-order valence-electron chi connectivity index (χ3n) is 4.60. The summed E-state index contributed by atoms with van der Waals surface area (Å²) in [7, 11) is -3.35. The molecule has 0 N–H and O–H groups in total. The van der Waals surface area contributed by atoms with Crippen LogP contribution in [0.4, 0.5) is 19.0 Å². The predicted octanol–water partition coefficient (Wildman–Crippen LogP) is 3.35. The molecule has 1 aliphatic rings. The normalized spacial score (nSPS) is 16.4. The molecule has 1 fully saturated rings. The molecule has 0 radical (unpaired) electrons. The van der Waals surface area contributed by atoms with Crippen LogP contribution in [0.2, 0.25) is 5.02 Å². The molecule has 1 aromatic carbocycles. The van der Waals surface area contributed by atoms with Crippen molar-refractivity contribution in [2.45, 2.75) is 11.1 Å². The number of hydrogen-bond donors (Lipinski definition) is 0. The number of hydrogen-bond acceptors (Lipinski definition) is 5. The van der Waals surface area contributed by atoms with Gasteiger partial charge in [-0.05, 0) is 18.2 Å². The van der Waals surface area contributed by atoms with Crippen molar-refractivity contribution < 1.29 is 21.6 Å². The Morgan fingerprint density at radius 1 is 1.07 bits per heavy atom. The zero-order valence-corrected chi connectivity index (χ0v) is 16.4. The number of piperazine rings is 1. The van der Waals surface area contributed by atoms with Crippen molar-refractivity contribution >= 4 is 27.3 Å². The summed E-state index contributed by atoms with van der Waals surface area (Å²) >= 11 is 6.00. The molecular weight excluding hydrogens is 415 g/mol. The highest BCUT2D eigenvalue weighted by Crippen LogP contribution is 2.33. The number of pyridine rings is 1. The monoisotopic (exact) mass is 433 g/mol. The maximum absolute atomic E-state index is 12.7. The van der Waals surface area contributed by atoms with Gasteiger partial charge in [-0.1, -0.05) is 29.8 Å². The highest BCUT2D eigenvalue weighted by Gasteiger charge is 2.32. The Bertz CT molecular complexity index is 915. The van der Waals surface area contributed by atoms with Crippen LogP contribution in [0.15, 0.2) is 47.5 Å². The van der Waals surface area contributed by atoms with Crippen LogP contribution in [-0.2, 0) is 16.0 Å². The minimum atomic E-state index is -4.49. The van der Waals surface area contributed by atoms with Crippen LogP contribution in [0.5, 0.6) is 0 Å². The van der Waals surface area contributed by atoms with E-state index in [4.69, 9.17) is 11.6 Å². The van der Waals surface area contributed by atoms with E-state index in [0.29, 0.717) is 43.4 Å². The van der Waals surface area contributed by atoms with Gasteiger partial charge >= 0.3 is 6.18 Å². The number of sulfone groups is 1. The van der Waals surface area contributed by atoms with Crippen molar-refractivity contribution in [2.24, 2.45) is 0 Å². The van der Waals surface area contributed by atoms with E-state index in [2.05, 4.69) is 4.98 Å². The average molecular weight is 434 g/mol. The molecule has 0 unspecified atom stereocenters. The topological polar surface area (TPSA) is 53.5 Å². The first-order valence-electron chi connectivity index (χ1n) is 8.65. The Labute approximate surface area is 166 Å². The zero-order chi connectivity index (χ0) is 20.4. The maximum Gasteiger partial charge on any atom is 0.417 e. The van der Waals surface area contributed by atoms with Crippen LogP contribution in [-0.4, -0.2) is 56.8 Å². The van der Waals surface area contributed by atoms with E-state index >= 15 is 0 Å². The molecule has 0 atom stereocenters. The second kappa shape index (κ2) is 8.26. The molecule has 0 saturated carbocycles. The highest BCUT2D eigenvalue weighted by atomic mass is 35.5. The highest BCUT2D eigenvalue weighted by molar-refractivity contribution is 7.91. The summed E-state index contributed by atoms with van der Waals surface area (Å²) in [6, 6.07) is 9.16. The van der Waals surface area contributed by atoms with E-state index in [1.54, 1.807) is 30.3 Å². The Morgan fingerprint density at radius 2 is 1.71 bits per heavy atom. The summed E-state index contributed by atoms with van der Waals surface area (Å²) in [5, 5.41) is -0.0464. The molecule has 10 heteroatoms. The lowest BCUT2D eigenvalue weighted by Gasteiger charge is -2.35. The van der Waals surface area contributed by atoms with Crippen LogP contribution in [0.1, 0.15) is 5.56 Å². The van der Waals surface area contributed by atoms with E-state index in [0.717, 1.165) is 12.3 Å². The van der Waals surface area contributed by atoms with Crippen LogP contribution in [0, 0.1) is 0 Å². The molecule has 152 valence electrons. The van der Waals surface area contributed by atoms with Gasteiger partial charge in [0.1, 0.15) is 5.82 Å². The largest absolute Gasteiger partial charge is 0.417 e. The molecule has 28 heavy (non-hydrogen) atoms. The SMILES string of the molecule is O=S(=O)(CCN1CCN(c2ncc(C(F)(F)F)cc2Cl)CC1)c1ccccc1. The van der Waals surface area contributed by atoms with Gasteiger partial charge in [0.05, 0.1) is 21.2 Å². The van der Waals surface area contributed by atoms with Crippen molar-refractivity contribution in [1.29, 1.82) is 0 Å². The van der Waals surface area contributed by atoms with Crippen LogP contribution in [0.3, 0.4) is 0 Å². The summed E-state index contributed by atoms with van der Waals surface area (Å²) in [4.78, 5) is 8.00. The third kappa shape index (κ3) is 4.95. The standard InChI is InChI=1S/C18H19ClF3N3O2S/c19-16-12-14(18(20,21)22)13-23-17(16)25-8-6-24(7-9-25)10-11-28(26,27)15-4-2-1-3-5-15/h1-5,12-13H,6-11H2. The lowest BCUT2D eigenvalue weighted by molar-refractivity contribution is -0.137. The number of anilines is 1. The summed E-state index contributed by atoms with van der Waals surface area (Å²) in [5.74, 6) is 0.322. The summed E-state index contributed by atoms with van der Waals surface area (Å²) in [6.45, 7) is 2.54. The predicted molar refractivity (Wildman–Crippen MR) is 101 cm³/mol. The molecule has 0 spiro atoms. The van der Waals surface area contributed by atoms with Crippen LogP contribution in [0.25, 0.3) is 0 Å². The molecule has 5 nitrogen and oxygen atoms in total. The van der Waals surface area contributed by atoms with Gasteiger partial charge in [-0.2, -0.15) is 13.2 Å². The van der Waals surface area contributed by atoms with Gasteiger partial charge < -0.3 is 4.90 Å². The first-order chi connectivity index (χ1) is 13.2. The molecule has 3 rings (SSSR count). The van der Waals surface area contributed by atoms with Crippen molar-refractivity contribution in [2.75, 3.05) is 43.4 Å². The van der Waals surface area contributed by atoms with Crippen molar-refractivity contribution in [3.63, 3.8) is 0 Å². The smallest absolute Gasteiger partial charge is 0.353 e.